The number of nitrogens with zero attached hydrogens (tertiary/aromatic N) is 1. The average molecular weight is 294 g/mol. The molecule has 0 heterocycles. The molecule has 0 aliphatic rings. The van der Waals surface area contributed by atoms with Gasteiger partial charge in [0, 0.05) is 30.7 Å². The lowest BCUT2D eigenvalue weighted by Crippen LogP contribution is -2.30. The number of nitro groups is 1. The van der Waals surface area contributed by atoms with E-state index in [0.29, 0.717) is 12.0 Å². The largest absolute Gasteiger partial charge is 0.481 e. The number of amides is 1. The number of carboxylic acid groups (broad SMARTS) is 1. The number of carbonyl (C=O) groups is 2. The van der Waals surface area contributed by atoms with Gasteiger partial charge in [-0.25, -0.2) is 0 Å². The lowest BCUT2D eigenvalue weighted by molar-refractivity contribution is -0.384. The molecule has 0 bridgehead atoms. The molecule has 1 aromatic carbocycles. The fourth-order valence-electron chi connectivity index (χ4n) is 1.95. The second kappa shape index (κ2) is 7.37. The number of aryl methyl sites for hydroxylation is 1. The van der Waals surface area contributed by atoms with Crippen molar-refractivity contribution in [3.8, 4) is 0 Å². The minimum Gasteiger partial charge on any atom is -0.481 e. The Morgan fingerprint density at radius 3 is 2.57 bits per heavy atom. The van der Waals surface area contributed by atoms with Crippen LogP contribution in [0.25, 0.3) is 0 Å². The monoisotopic (exact) mass is 294 g/mol. The van der Waals surface area contributed by atoms with Crippen molar-refractivity contribution in [2.45, 2.75) is 26.7 Å². The van der Waals surface area contributed by atoms with Gasteiger partial charge in [-0.1, -0.05) is 13.3 Å². The van der Waals surface area contributed by atoms with Crippen molar-refractivity contribution in [1.29, 1.82) is 0 Å². The molecule has 7 nitrogen and oxygen atoms in total. The third kappa shape index (κ3) is 5.21. The number of non-ortho nitro benzene ring substituents is 1. The minimum absolute atomic E-state index is 0.0231. The van der Waals surface area contributed by atoms with Gasteiger partial charge in [-0.2, -0.15) is 0 Å². The summed E-state index contributed by atoms with van der Waals surface area (Å²) in [6.07, 6.45) is 0.602. The van der Waals surface area contributed by atoms with E-state index in [2.05, 4.69) is 5.32 Å². The van der Waals surface area contributed by atoms with Crippen LogP contribution in [0.3, 0.4) is 0 Å². The predicted octanol–water partition coefficient (Wildman–Crippen LogP) is 2.13. The van der Waals surface area contributed by atoms with E-state index in [1.807, 2.05) is 6.92 Å². The lowest BCUT2D eigenvalue weighted by atomic mass is 10.0. The number of nitro benzene ring substituents is 1. The molecule has 0 saturated heterocycles. The summed E-state index contributed by atoms with van der Waals surface area (Å²) in [4.78, 5) is 32.9. The zero-order valence-electron chi connectivity index (χ0n) is 12.0. The number of hydrogen-bond donors (Lipinski definition) is 2. The fourth-order valence-corrected chi connectivity index (χ4v) is 1.95. The van der Waals surface area contributed by atoms with Crippen LogP contribution < -0.4 is 5.32 Å². The van der Waals surface area contributed by atoms with Gasteiger partial charge in [0.2, 0.25) is 0 Å². The molecule has 7 heteroatoms. The molecule has 114 valence electrons. The molecule has 1 unspecified atom stereocenters. The van der Waals surface area contributed by atoms with Gasteiger partial charge in [0.1, 0.15) is 0 Å². The normalized spacial score (nSPS) is 11.7. The molecule has 0 aliphatic carbocycles. The number of carbonyl (C=O) groups excluding carboxylic acids is 1. The molecule has 21 heavy (non-hydrogen) atoms. The highest BCUT2D eigenvalue weighted by Crippen LogP contribution is 2.17. The molecular weight excluding hydrogens is 276 g/mol. The van der Waals surface area contributed by atoms with Crippen molar-refractivity contribution in [1.82, 2.24) is 5.32 Å². The van der Waals surface area contributed by atoms with Gasteiger partial charge in [0.05, 0.1) is 4.92 Å². The molecule has 0 radical (unpaired) electrons. The van der Waals surface area contributed by atoms with Crippen LogP contribution in [-0.2, 0) is 4.79 Å². The van der Waals surface area contributed by atoms with Gasteiger partial charge >= 0.3 is 5.97 Å². The SMILES string of the molecule is CCC(CNC(=O)c1cc(C)cc([N+](=O)[O-])c1)CC(=O)O. The summed E-state index contributed by atoms with van der Waals surface area (Å²) < 4.78 is 0. The standard InChI is InChI=1S/C14H18N2O5/c1-3-10(6-13(17)18)8-15-14(19)11-4-9(2)5-12(7-11)16(20)21/h4-5,7,10H,3,6,8H2,1-2H3,(H,15,19)(H,17,18). The van der Waals surface area contributed by atoms with Gasteiger partial charge in [0.15, 0.2) is 0 Å². The molecule has 0 fully saturated rings. The molecule has 1 atom stereocenters. The molecule has 1 rings (SSSR count). The van der Waals surface area contributed by atoms with Crippen molar-refractivity contribution >= 4 is 17.6 Å². The summed E-state index contributed by atoms with van der Waals surface area (Å²) in [5.74, 6) is -1.51. The maximum atomic E-state index is 12.0. The smallest absolute Gasteiger partial charge is 0.303 e. The Bertz CT molecular complexity index is 556. The summed E-state index contributed by atoms with van der Waals surface area (Å²) in [5, 5.41) is 22.1. The van der Waals surface area contributed by atoms with E-state index < -0.39 is 16.8 Å². The van der Waals surface area contributed by atoms with Crippen molar-refractivity contribution in [2.75, 3.05) is 6.54 Å². The maximum Gasteiger partial charge on any atom is 0.303 e. The predicted molar refractivity (Wildman–Crippen MR) is 76.2 cm³/mol. The van der Waals surface area contributed by atoms with Gasteiger partial charge in [-0.05, 0) is 24.5 Å². The van der Waals surface area contributed by atoms with Crippen LogP contribution in [0.2, 0.25) is 0 Å². The van der Waals surface area contributed by atoms with Crippen LogP contribution in [0.4, 0.5) is 5.69 Å². The van der Waals surface area contributed by atoms with E-state index in [9.17, 15) is 19.7 Å². The summed E-state index contributed by atoms with van der Waals surface area (Å²) >= 11 is 0. The molecule has 0 aromatic heterocycles. The first kappa shape index (κ1) is 16.6. The maximum absolute atomic E-state index is 12.0. The molecular formula is C14H18N2O5. The highest BCUT2D eigenvalue weighted by atomic mass is 16.6. The Morgan fingerprint density at radius 1 is 1.38 bits per heavy atom. The number of rotatable bonds is 7. The highest BCUT2D eigenvalue weighted by molar-refractivity contribution is 5.95. The van der Waals surface area contributed by atoms with E-state index in [-0.39, 0.29) is 30.1 Å². The van der Waals surface area contributed by atoms with Gasteiger partial charge in [0.25, 0.3) is 11.6 Å². The molecule has 1 aromatic rings. The van der Waals surface area contributed by atoms with Crippen molar-refractivity contribution in [2.24, 2.45) is 5.92 Å². The first-order valence-corrected chi connectivity index (χ1v) is 6.59. The lowest BCUT2D eigenvalue weighted by Gasteiger charge is -2.13. The third-order valence-electron chi connectivity index (χ3n) is 3.13. The molecule has 0 aliphatic heterocycles. The van der Waals surface area contributed by atoms with Crippen molar-refractivity contribution in [3.63, 3.8) is 0 Å². The number of carboxylic acids is 1. The molecule has 1 amide bonds. The van der Waals surface area contributed by atoms with Crippen molar-refractivity contribution in [3.05, 3.63) is 39.4 Å². The van der Waals surface area contributed by atoms with Crippen LogP contribution in [-0.4, -0.2) is 28.5 Å². The second-order valence-corrected chi connectivity index (χ2v) is 4.90. The number of aliphatic carboxylic acids is 1. The topological polar surface area (TPSA) is 110 Å². The Kier molecular flexibility index (Phi) is 5.83. The summed E-state index contributed by atoms with van der Waals surface area (Å²) in [6.45, 7) is 3.74. The van der Waals surface area contributed by atoms with E-state index in [1.165, 1.54) is 12.1 Å². The van der Waals surface area contributed by atoms with Gasteiger partial charge in [-0.15, -0.1) is 0 Å². The zero-order valence-corrected chi connectivity index (χ0v) is 12.0. The highest BCUT2D eigenvalue weighted by Gasteiger charge is 2.16. The Balaban J connectivity index is 2.75. The number of hydrogen-bond acceptors (Lipinski definition) is 4. The molecule has 0 spiro atoms. The first-order chi connectivity index (χ1) is 9.83. The van der Waals surface area contributed by atoms with Crippen LogP contribution in [0.15, 0.2) is 18.2 Å². The Morgan fingerprint density at radius 2 is 2.05 bits per heavy atom. The first-order valence-electron chi connectivity index (χ1n) is 6.59. The molecule has 2 N–H and O–H groups in total. The van der Waals surface area contributed by atoms with Gasteiger partial charge in [-0.3, -0.25) is 19.7 Å². The van der Waals surface area contributed by atoms with E-state index >= 15 is 0 Å². The zero-order chi connectivity index (χ0) is 16.0. The Hall–Kier alpha value is -2.44. The number of nitrogens with one attached hydrogen (secondary N) is 1. The van der Waals surface area contributed by atoms with E-state index in [0.717, 1.165) is 0 Å². The third-order valence-corrected chi connectivity index (χ3v) is 3.13. The fraction of sp³-hybridized carbons (Fsp3) is 0.429. The van der Waals surface area contributed by atoms with Crippen LogP contribution >= 0.6 is 0 Å². The van der Waals surface area contributed by atoms with E-state index in [4.69, 9.17) is 5.11 Å². The minimum atomic E-state index is -0.915. The average Bonchev–Trinajstić information content (AvgIpc) is 2.41. The van der Waals surface area contributed by atoms with Gasteiger partial charge < -0.3 is 10.4 Å². The quantitative estimate of drug-likeness (QED) is 0.591. The van der Waals surface area contributed by atoms with Crippen molar-refractivity contribution < 1.29 is 19.6 Å². The summed E-state index contributed by atoms with van der Waals surface area (Å²) in [5.41, 5.74) is 0.677. The van der Waals surface area contributed by atoms with Crippen LogP contribution in [0.5, 0.6) is 0 Å². The molecule has 0 saturated carbocycles. The number of benzene rings is 1. The van der Waals surface area contributed by atoms with E-state index in [1.54, 1.807) is 13.0 Å². The second-order valence-electron chi connectivity index (χ2n) is 4.90. The Labute approximate surface area is 122 Å². The summed E-state index contributed by atoms with van der Waals surface area (Å²) in [6, 6.07) is 4.15. The van der Waals surface area contributed by atoms with Crippen LogP contribution in [0, 0.1) is 23.0 Å². The summed E-state index contributed by atoms with van der Waals surface area (Å²) in [7, 11) is 0. The van der Waals surface area contributed by atoms with Crippen LogP contribution in [0.1, 0.15) is 35.7 Å².